The number of nitrogens with one attached hydrogen (secondary N) is 1. The second-order valence-electron chi connectivity index (χ2n) is 6.23. The molecule has 2 rings (SSSR count). The summed E-state index contributed by atoms with van der Waals surface area (Å²) in [5.74, 6) is -13.8. The van der Waals surface area contributed by atoms with E-state index in [0.29, 0.717) is 0 Å². The number of hydrogen-bond donors (Lipinski definition) is 1. The number of aromatic nitrogens is 1. The standard InChI is InChI=1S/C19H16F5N3O4/c1-9(19(30)27(8-13(29)31-2)10-4-3-5-25-7-10)26-12(28)6-11-14(20)16(22)18(24)17(23)15(11)21/h3-5,7,9H,6,8H2,1-2H3,(H,26,28)/t9-/m0/s1. The minimum absolute atomic E-state index is 0.193. The van der Waals surface area contributed by atoms with E-state index in [2.05, 4.69) is 15.0 Å². The second-order valence-corrected chi connectivity index (χ2v) is 6.23. The van der Waals surface area contributed by atoms with E-state index in [1.165, 1.54) is 31.5 Å². The number of halogens is 5. The number of carbonyl (C=O) groups is 3. The summed E-state index contributed by atoms with van der Waals surface area (Å²) >= 11 is 0. The van der Waals surface area contributed by atoms with Gasteiger partial charge in [-0.2, -0.15) is 0 Å². The lowest BCUT2D eigenvalue weighted by molar-refractivity contribution is -0.140. The van der Waals surface area contributed by atoms with E-state index in [9.17, 15) is 36.3 Å². The van der Waals surface area contributed by atoms with Gasteiger partial charge in [-0.05, 0) is 19.1 Å². The van der Waals surface area contributed by atoms with Crippen LogP contribution in [-0.4, -0.2) is 42.5 Å². The molecule has 12 heteroatoms. The zero-order chi connectivity index (χ0) is 23.3. The van der Waals surface area contributed by atoms with Crippen molar-refractivity contribution >= 4 is 23.5 Å². The van der Waals surface area contributed by atoms with Crippen molar-refractivity contribution in [2.24, 2.45) is 0 Å². The predicted octanol–water partition coefficient (Wildman–Crippen LogP) is 2.03. The van der Waals surface area contributed by atoms with Gasteiger partial charge in [-0.15, -0.1) is 0 Å². The Balaban J connectivity index is 2.19. The van der Waals surface area contributed by atoms with E-state index >= 15 is 0 Å². The number of esters is 1. The highest BCUT2D eigenvalue weighted by Gasteiger charge is 2.29. The molecule has 31 heavy (non-hydrogen) atoms. The average Bonchev–Trinajstić information content (AvgIpc) is 2.77. The molecule has 0 aliphatic carbocycles. The third-order valence-corrected chi connectivity index (χ3v) is 4.12. The number of nitrogens with zero attached hydrogens (tertiary/aromatic N) is 2. The Morgan fingerprint density at radius 2 is 1.65 bits per heavy atom. The van der Waals surface area contributed by atoms with Crippen molar-refractivity contribution in [3.8, 4) is 0 Å². The van der Waals surface area contributed by atoms with Gasteiger partial charge in [-0.1, -0.05) is 0 Å². The summed E-state index contributed by atoms with van der Waals surface area (Å²) in [5, 5.41) is 2.10. The van der Waals surface area contributed by atoms with Crippen LogP contribution in [0.5, 0.6) is 0 Å². The maximum absolute atomic E-state index is 13.8. The Kier molecular flexibility index (Phi) is 7.61. The number of rotatable bonds is 7. The van der Waals surface area contributed by atoms with Crippen LogP contribution >= 0.6 is 0 Å². The van der Waals surface area contributed by atoms with Crippen LogP contribution in [0.3, 0.4) is 0 Å². The lowest BCUT2D eigenvalue weighted by Gasteiger charge is -2.25. The zero-order valence-electron chi connectivity index (χ0n) is 16.2. The van der Waals surface area contributed by atoms with Crippen LogP contribution in [0.4, 0.5) is 27.6 Å². The molecule has 1 heterocycles. The minimum Gasteiger partial charge on any atom is -0.468 e. The normalized spacial score (nSPS) is 11.6. The number of hydrogen-bond acceptors (Lipinski definition) is 5. The van der Waals surface area contributed by atoms with Gasteiger partial charge in [0, 0.05) is 11.8 Å². The lowest BCUT2D eigenvalue weighted by atomic mass is 10.1. The third kappa shape index (κ3) is 5.32. The van der Waals surface area contributed by atoms with Crippen molar-refractivity contribution in [1.29, 1.82) is 0 Å². The summed E-state index contributed by atoms with van der Waals surface area (Å²) < 4.78 is 71.7. The van der Waals surface area contributed by atoms with Gasteiger partial charge in [0.15, 0.2) is 23.3 Å². The molecule has 0 unspecified atom stereocenters. The van der Waals surface area contributed by atoms with Gasteiger partial charge in [0.25, 0.3) is 0 Å². The van der Waals surface area contributed by atoms with Gasteiger partial charge in [-0.3, -0.25) is 24.3 Å². The van der Waals surface area contributed by atoms with E-state index in [0.717, 1.165) is 12.0 Å². The van der Waals surface area contributed by atoms with Gasteiger partial charge in [0.05, 0.1) is 25.4 Å². The molecule has 1 aromatic heterocycles. The molecule has 166 valence electrons. The maximum atomic E-state index is 13.8. The van der Waals surface area contributed by atoms with Crippen molar-refractivity contribution in [2.75, 3.05) is 18.6 Å². The Labute approximate surface area is 172 Å². The maximum Gasteiger partial charge on any atom is 0.325 e. The van der Waals surface area contributed by atoms with E-state index in [4.69, 9.17) is 0 Å². The number of benzene rings is 1. The molecule has 0 radical (unpaired) electrons. The Morgan fingerprint density at radius 1 is 1.06 bits per heavy atom. The van der Waals surface area contributed by atoms with Gasteiger partial charge < -0.3 is 10.1 Å². The molecule has 0 aliphatic heterocycles. The summed E-state index contributed by atoms with van der Waals surface area (Å²) in [5.41, 5.74) is -1.15. The van der Waals surface area contributed by atoms with Crippen LogP contribution in [0.1, 0.15) is 12.5 Å². The SMILES string of the molecule is COC(=O)CN(C(=O)[C@H](C)NC(=O)Cc1c(F)c(F)c(F)c(F)c1F)c1cccnc1. The third-order valence-electron chi connectivity index (χ3n) is 4.12. The van der Waals surface area contributed by atoms with E-state index in [-0.39, 0.29) is 5.69 Å². The summed E-state index contributed by atoms with van der Waals surface area (Å²) in [6.07, 6.45) is 1.47. The first-order valence-corrected chi connectivity index (χ1v) is 8.66. The molecule has 0 saturated heterocycles. The quantitative estimate of drug-likeness (QED) is 0.305. The molecule has 0 saturated carbocycles. The first-order valence-electron chi connectivity index (χ1n) is 8.66. The van der Waals surface area contributed by atoms with Crippen molar-refractivity contribution in [1.82, 2.24) is 10.3 Å². The predicted molar refractivity (Wildman–Crippen MR) is 96.1 cm³/mol. The monoisotopic (exact) mass is 445 g/mol. The summed E-state index contributed by atoms with van der Waals surface area (Å²) in [6.45, 7) is 0.679. The smallest absolute Gasteiger partial charge is 0.325 e. The lowest BCUT2D eigenvalue weighted by Crippen LogP contribution is -2.49. The van der Waals surface area contributed by atoms with Crippen LogP contribution < -0.4 is 10.2 Å². The topological polar surface area (TPSA) is 88.6 Å². The summed E-state index contributed by atoms with van der Waals surface area (Å²) in [6, 6.07) is 1.61. The molecule has 0 spiro atoms. The summed E-state index contributed by atoms with van der Waals surface area (Å²) in [4.78, 5) is 41.3. The van der Waals surface area contributed by atoms with E-state index in [1.807, 2.05) is 0 Å². The zero-order valence-corrected chi connectivity index (χ0v) is 16.2. The van der Waals surface area contributed by atoms with Gasteiger partial charge in [-0.25, -0.2) is 22.0 Å². The first kappa shape index (κ1) is 23.7. The molecule has 0 bridgehead atoms. The highest BCUT2D eigenvalue weighted by Crippen LogP contribution is 2.23. The molecule has 0 fully saturated rings. The Hall–Kier alpha value is -3.57. The Bertz CT molecular complexity index is 975. The highest BCUT2D eigenvalue weighted by molar-refractivity contribution is 6.02. The molecule has 1 atom stereocenters. The fourth-order valence-electron chi connectivity index (χ4n) is 2.56. The number of methoxy groups -OCH3 is 1. The van der Waals surface area contributed by atoms with Crippen LogP contribution in [0.15, 0.2) is 24.5 Å². The molecule has 2 aromatic rings. The van der Waals surface area contributed by atoms with Crippen LogP contribution in [0.25, 0.3) is 0 Å². The van der Waals surface area contributed by atoms with Crippen LogP contribution in [0, 0.1) is 29.1 Å². The molecule has 0 aliphatic rings. The fourth-order valence-corrected chi connectivity index (χ4v) is 2.56. The number of ether oxygens (including phenoxy) is 1. The molecule has 1 N–H and O–H groups in total. The number of amides is 2. The van der Waals surface area contributed by atoms with E-state index < -0.39 is 71.4 Å². The minimum atomic E-state index is -2.35. The molecular weight excluding hydrogens is 429 g/mol. The molecular formula is C19H16F5N3O4. The van der Waals surface area contributed by atoms with Crippen LogP contribution in [-0.2, 0) is 25.5 Å². The number of anilines is 1. The number of carbonyl (C=O) groups excluding carboxylic acids is 3. The first-order chi connectivity index (χ1) is 14.6. The van der Waals surface area contributed by atoms with Crippen molar-refractivity contribution in [3.63, 3.8) is 0 Å². The number of pyridine rings is 1. The van der Waals surface area contributed by atoms with Crippen molar-refractivity contribution < 1.29 is 41.1 Å². The summed E-state index contributed by atoms with van der Waals surface area (Å²) in [7, 11) is 1.10. The fraction of sp³-hybridized carbons (Fsp3) is 0.263. The Morgan fingerprint density at radius 3 is 2.16 bits per heavy atom. The largest absolute Gasteiger partial charge is 0.468 e. The highest BCUT2D eigenvalue weighted by atomic mass is 19.2. The molecule has 7 nitrogen and oxygen atoms in total. The molecule has 2 amide bonds. The van der Waals surface area contributed by atoms with Crippen LogP contribution in [0.2, 0.25) is 0 Å². The van der Waals surface area contributed by atoms with Gasteiger partial charge in [0.1, 0.15) is 12.6 Å². The van der Waals surface area contributed by atoms with E-state index in [1.54, 1.807) is 0 Å². The van der Waals surface area contributed by atoms with Crippen molar-refractivity contribution in [3.05, 3.63) is 59.2 Å². The van der Waals surface area contributed by atoms with Gasteiger partial charge >= 0.3 is 5.97 Å². The average molecular weight is 445 g/mol. The van der Waals surface area contributed by atoms with Gasteiger partial charge in [0.2, 0.25) is 17.6 Å². The molecule has 1 aromatic carbocycles. The van der Waals surface area contributed by atoms with Crippen molar-refractivity contribution in [2.45, 2.75) is 19.4 Å². The second kappa shape index (κ2) is 9.96.